The molecule has 4 rings (SSSR count). The van der Waals surface area contributed by atoms with Crippen molar-refractivity contribution in [1.29, 1.82) is 0 Å². The van der Waals surface area contributed by atoms with Crippen molar-refractivity contribution in [2.24, 2.45) is 10.6 Å². The van der Waals surface area contributed by atoms with Gasteiger partial charge >= 0.3 is 5.97 Å². The smallest absolute Gasteiger partial charge is 0.313 e. The zero-order valence-corrected chi connectivity index (χ0v) is 22.7. The van der Waals surface area contributed by atoms with Crippen molar-refractivity contribution < 1.29 is 24.3 Å². The summed E-state index contributed by atoms with van der Waals surface area (Å²) in [5, 5.41) is 30.2. The van der Waals surface area contributed by atoms with Crippen LogP contribution in [0.3, 0.4) is 0 Å². The van der Waals surface area contributed by atoms with Gasteiger partial charge in [0.1, 0.15) is 29.6 Å². The Hall–Kier alpha value is -2.96. The number of thiazole rings is 1. The molecule has 4 N–H and O–H groups in total. The molecule has 3 atom stereocenters. The van der Waals surface area contributed by atoms with Crippen LogP contribution in [-0.4, -0.2) is 121 Å². The summed E-state index contributed by atoms with van der Waals surface area (Å²) in [5.74, 6) is -1.58. The highest BCUT2D eigenvalue weighted by atomic mass is 32.2. The van der Waals surface area contributed by atoms with Crippen LogP contribution in [0.1, 0.15) is 5.69 Å². The molecule has 2 aromatic rings. The molecule has 2 unspecified atom stereocenters. The van der Waals surface area contributed by atoms with E-state index in [-0.39, 0.29) is 40.5 Å². The lowest BCUT2D eigenvalue weighted by atomic mass is 9.89. The second-order valence-corrected chi connectivity index (χ2v) is 11.6. The number of carboxylic acids is 1. The van der Waals surface area contributed by atoms with E-state index in [1.807, 2.05) is 19.0 Å². The molecule has 0 bridgehead atoms. The summed E-state index contributed by atoms with van der Waals surface area (Å²) in [7, 11) is 5.17. The van der Waals surface area contributed by atoms with Gasteiger partial charge in [-0.25, -0.2) is 9.67 Å². The molecule has 2 aliphatic heterocycles. The minimum atomic E-state index is -1.20. The van der Waals surface area contributed by atoms with E-state index in [4.69, 9.17) is 10.6 Å². The minimum absolute atomic E-state index is 0.0130. The molecule has 18 heteroatoms. The number of aromatic nitrogens is 5. The number of nitrogens with two attached hydrogens (primary N) is 1. The molecule has 0 spiro atoms. The molecule has 2 aromatic heterocycles. The Bertz CT molecular complexity index is 1200. The third-order valence-electron chi connectivity index (χ3n) is 5.78. The number of likely N-dealkylation sites (N-methyl/N-ethyl adjacent to an activating group) is 1. The van der Waals surface area contributed by atoms with Crippen molar-refractivity contribution in [1.82, 2.24) is 40.3 Å². The molecule has 37 heavy (non-hydrogen) atoms. The van der Waals surface area contributed by atoms with Crippen LogP contribution in [0.25, 0.3) is 0 Å². The van der Waals surface area contributed by atoms with Crippen LogP contribution in [0.15, 0.2) is 15.7 Å². The van der Waals surface area contributed by atoms with Gasteiger partial charge in [-0.3, -0.25) is 14.4 Å². The zero-order chi connectivity index (χ0) is 26.7. The SMILES string of the molecule is CON=C(C(=O)NC1C(=O)N2CC(CSc3nnnn3CCN(C)C)(C(=O)O)CS[C@H]12)c1csc(N)n1. The number of anilines is 1. The molecule has 0 saturated carbocycles. The number of nitrogens with one attached hydrogen (secondary N) is 1. The van der Waals surface area contributed by atoms with Crippen molar-refractivity contribution in [3.05, 3.63) is 11.1 Å². The molecule has 200 valence electrons. The van der Waals surface area contributed by atoms with Gasteiger partial charge in [0.25, 0.3) is 5.91 Å². The number of fused-ring (bicyclic) bond motifs is 1. The van der Waals surface area contributed by atoms with E-state index >= 15 is 0 Å². The Morgan fingerprint density at radius 2 is 2.24 bits per heavy atom. The van der Waals surface area contributed by atoms with Gasteiger partial charge in [-0.05, 0) is 24.5 Å². The number of tetrazole rings is 1. The van der Waals surface area contributed by atoms with Crippen molar-refractivity contribution in [2.75, 3.05) is 51.5 Å². The van der Waals surface area contributed by atoms with Crippen LogP contribution in [0.4, 0.5) is 5.13 Å². The van der Waals surface area contributed by atoms with Gasteiger partial charge < -0.3 is 30.8 Å². The van der Waals surface area contributed by atoms with Crippen LogP contribution < -0.4 is 11.1 Å². The number of carbonyl (C=O) groups is 3. The van der Waals surface area contributed by atoms with Crippen LogP contribution in [0, 0.1) is 5.41 Å². The predicted molar refractivity (Wildman–Crippen MR) is 137 cm³/mol. The molecule has 2 amide bonds. The first-order chi connectivity index (χ1) is 17.6. The van der Waals surface area contributed by atoms with Gasteiger partial charge in [0.15, 0.2) is 10.8 Å². The van der Waals surface area contributed by atoms with Crippen molar-refractivity contribution >= 4 is 63.5 Å². The Labute approximate surface area is 224 Å². The summed E-state index contributed by atoms with van der Waals surface area (Å²) >= 11 is 3.70. The zero-order valence-electron chi connectivity index (χ0n) is 20.2. The second kappa shape index (κ2) is 11.2. The van der Waals surface area contributed by atoms with E-state index in [1.54, 1.807) is 10.1 Å². The molecule has 0 aromatic carbocycles. The molecular weight excluding hydrogens is 544 g/mol. The number of oxime groups is 1. The van der Waals surface area contributed by atoms with E-state index in [0.717, 1.165) is 17.9 Å². The van der Waals surface area contributed by atoms with Gasteiger partial charge in [0.2, 0.25) is 11.1 Å². The molecule has 2 saturated heterocycles. The Balaban J connectivity index is 1.40. The maximum Gasteiger partial charge on any atom is 0.313 e. The summed E-state index contributed by atoms with van der Waals surface area (Å²) in [6, 6.07) is -0.826. The summed E-state index contributed by atoms with van der Waals surface area (Å²) < 4.78 is 1.63. The number of carbonyl (C=O) groups excluding carboxylic acids is 2. The van der Waals surface area contributed by atoms with Gasteiger partial charge in [0, 0.05) is 30.0 Å². The quantitative estimate of drug-likeness (QED) is 0.127. The second-order valence-electron chi connectivity index (χ2n) is 8.67. The first-order valence-corrected chi connectivity index (χ1v) is 13.9. The topological polar surface area (TPSA) is 194 Å². The molecular formula is C19H26N10O5S3. The van der Waals surface area contributed by atoms with Crippen LogP contribution >= 0.6 is 34.9 Å². The highest BCUT2D eigenvalue weighted by Gasteiger charge is 2.57. The Morgan fingerprint density at radius 1 is 1.46 bits per heavy atom. The van der Waals surface area contributed by atoms with Crippen molar-refractivity contribution in [2.45, 2.75) is 23.1 Å². The number of amides is 2. The van der Waals surface area contributed by atoms with E-state index < -0.39 is 28.7 Å². The lowest BCUT2D eigenvalue weighted by Crippen LogP contribution is -2.74. The number of β-lactam (4-membered cyclic amide) rings is 1. The third-order valence-corrected chi connectivity index (χ3v) is 9.29. The van der Waals surface area contributed by atoms with Gasteiger partial charge in [-0.15, -0.1) is 28.2 Å². The summed E-state index contributed by atoms with van der Waals surface area (Å²) in [6.45, 7) is 1.30. The van der Waals surface area contributed by atoms with Gasteiger partial charge in [-0.2, -0.15) is 0 Å². The fraction of sp³-hybridized carbons (Fsp3) is 0.579. The van der Waals surface area contributed by atoms with Crippen LogP contribution in [0.5, 0.6) is 0 Å². The average Bonchev–Trinajstić information content (AvgIpc) is 3.51. The van der Waals surface area contributed by atoms with E-state index in [1.165, 1.54) is 35.5 Å². The minimum Gasteiger partial charge on any atom is -0.481 e. The van der Waals surface area contributed by atoms with Crippen LogP contribution in [-0.2, 0) is 25.8 Å². The molecule has 4 heterocycles. The maximum atomic E-state index is 13.0. The largest absolute Gasteiger partial charge is 0.481 e. The number of hydrogen-bond acceptors (Lipinski definition) is 14. The fourth-order valence-electron chi connectivity index (χ4n) is 3.75. The van der Waals surface area contributed by atoms with Crippen molar-refractivity contribution in [3.63, 3.8) is 0 Å². The van der Waals surface area contributed by atoms with E-state index in [0.29, 0.717) is 11.7 Å². The first-order valence-electron chi connectivity index (χ1n) is 11.0. The summed E-state index contributed by atoms with van der Waals surface area (Å²) in [4.78, 5) is 50.5. The number of thioether (sulfide) groups is 2. The first kappa shape index (κ1) is 27.1. The normalized spacial score (nSPS) is 23.5. The number of aliphatic carboxylic acids is 1. The van der Waals surface area contributed by atoms with Crippen molar-refractivity contribution in [3.8, 4) is 0 Å². The van der Waals surface area contributed by atoms with Crippen LogP contribution in [0.2, 0.25) is 0 Å². The predicted octanol–water partition coefficient (Wildman–Crippen LogP) is -1.11. The average molecular weight is 571 g/mol. The highest BCUT2D eigenvalue weighted by Crippen LogP contribution is 2.44. The highest BCUT2D eigenvalue weighted by molar-refractivity contribution is 8.00. The number of rotatable bonds is 11. The lowest BCUT2D eigenvalue weighted by molar-refractivity contribution is -0.157. The molecule has 2 aliphatic rings. The summed E-state index contributed by atoms with van der Waals surface area (Å²) in [6.07, 6.45) is 0. The monoisotopic (exact) mass is 570 g/mol. The molecule has 15 nitrogen and oxygen atoms in total. The Morgan fingerprint density at radius 3 is 2.89 bits per heavy atom. The van der Waals surface area contributed by atoms with Gasteiger partial charge in [0.05, 0.1) is 6.54 Å². The van der Waals surface area contributed by atoms with Gasteiger partial charge in [-0.1, -0.05) is 16.9 Å². The summed E-state index contributed by atoms with van der Waals surface area (Å²) in [5.41, 5.74) is 4.58. The lowest BCUT2D eigenvalue weighted by Gasteiger charge is -2.53. The number of nitrogens with zero attached hydrogens (tertiary/aromatic N) is 8. The number of carboxylic acid groups (broad SMARTS) is 1. The van der Waals surface area contributed by atoms with E-state index in [2.05, 4.69) is 31.0 Å². The maximum absolute atomic E-state index is 13.0. The van der Waals surface area contributed by atoms with E-state index in [9.17, 15) is 19.5 Å². The molecule has 0 radical (unpaired) electrons. The standard InChI is InChI=1S/C19H26N10O5S3/c1-27(2)4-5-29-18(23-25-26-29)37-9-19(16(32)33)7-28-14(31)12(15(28)36-8-19)22-13(30)11(24-34-3)10-6-35-17(20)21-10/h6,12,15H,4-5,7-9H2,1-3H3,(H2,20,21)(H,22,30)(H,32,33)/t12?,15-,19?/m1/s1. The fourth-order valence-corrected chi connectivity index (χ4v) is 7.06. The number of nitrogen functional groups attached to an aromatic ring is 1. The third kappa shape index (κ3) is 5.65. The number of hydrogen-bond donors (Lipinski definition) is 3. The molecule has 0 aliphatic carbocycles. The molecule has 2 fully saturated rings. The Kier molecular flexibility index (Phi) is 8.20.